The molecule has 0 saturated heterocycles. The highest BCUT2D eigenvalue weighted by Crippen LogP contribution is 2.15. The molecule has 0 rings (SSSR count). The molecule has 0 aromatic heterocycles. The van der Waals surface area contributed by atoms with Gasteiger partial charge in [-0.2, -0.15) is 0 Å². The van der Waals surface area contributed by atoms with Crippen LogP contribution < -0.4 is 5.32 Å². The lowest BCUT2D eigenvalue weighted by molar-refractivity contribution is 0.398. The molecule has 0 saturated carbocycles. The van der Waals surface area contributed by atoms with Gasteiger partial charge in [0.05, 0.1) is 0 Å². The summed E-state index contributed by atoms with van der Waals surface area (Å²) >= 11 is 2.45. The maximum atomic E-state index is 3.27. The summed E-state index contributed by atoms with van der Waals surface area (Å²) in [5.74, 6) is 0. The molecule has 0 amide bonds. The maximum absolute atomic E-state index is 3.27. The van der Waals surface area contributed by atoms with E-state index < -0.39 is 0 Å². The third-order valence-electron chi connectivity index (χ3n) is 1.47. The third-order valence-corrected chi connectivity index (χ3v) is 1.91. The zero-order valence-electron chi connectivity index (χ0n) is 6.66. The first kappa shape index (κ1) is 9.69. The van der Waals surface area contributed by atoms with Crippen LogP contribution in [-0.4, -0.2) is 16.5 Å². The van der Waals surface area contributed by atoms with Crippen LogP contribution in [0.4, 0.5) is 0 Å². The van der Waals surface area contributed by atoms with Crippen molar-refractivity contribution in [2.75, 3.05) is 7.05 Å². The molecule has 2 heteroatoms. The van der Waals surface area contributed by atoms with Crippen molar-refractivity contribution in [1.29, 1.82) is 0 Å². The Labute approximate surface area is 71.7 Å². The second-order valence-electron chi connectivity index (χ2n) is 3.12. The summed E-state index contributed by atoms with van der Waals surface area (Å²) in [6.07, 6.45) is 1.23. The van der Waals surface area contributed by atoms with Gasteiger partial charge >= 0.3 is 0 Å². The van der Waals surface area contributed by atoms with Crippen LogP contribution in [0.25, 0.3) is 0 Å². The van der Waals surface area contributed by atoms with E-state index in [4.69, 9.17) is 0 Å². The number of rotatable bonds is 3. The molecule has 0 aromatic carbocycles. The molecule has 9 heavy (non-hydrogen) atoms. The molecule has 0 aliphatic carbocycles. The van der Waals surface area contributed by atoms with Crippen LogP contribution in [0.2, 0.25) is 0 Å². The number of hydrogen-bond acceptors (Lipinski definition) is 1. The van der Waals surface area contributed by atoms with Crippen LogP contribution in [0.5, 0.6) is 0 Å². The SMILES string of the molecule is CNC(C)(C)C[C@@H](C)I. The van der Waals surface area contributed by atoms with Gasteiger partial charge in [-0.3, -0.25) is 0 Å². The number of nitrogens with one attached hydrogen (secondary N) is 1. The minimum Gasteiger partial charge on any atom is -0.315 e. The first-order valence-corrected chi connectivity index (χ1v) is 4.55. The normalized spacial score (nSPS) is 15.7. The van der Waals surface area contributed by atoms with Crippen LogP contribution in [0, 0.1) is 0 Å². The fraction of sp³-hybridized carbons (Fsp3) is 1.00. The Balaban J connectivity index is 3.58. The minimum absolute atomic E-state index is 0.306. The molecule has 0 aromatic rings. The zero-order chi connectivity index (χ0) is 7.49. The molecule has 0 aliphatic heterocycles. The summed E-state index contributed by atoms with van der Waals surface area (Å²) in [6.45, 7) is 6.68. The van der Waals surface area contributed by atoms with Gasteiger partial charge < -0.3 is 5.32 Å². The van der Waals surface area contributed by atoms with E-state index in [9.17, 15) is 0 Å². The van der Waals surface area contributed by atoms with Gasteiger partial charge in [0.1, 0.15) is 0 Å². The zero-order valence-corrected chi connectivity index (χ0v) is 8.82. The largest absolute Gasteiger partial charge is 0.315 e. The van der Waals surface area contributed by atoms with Gasteiger partial charge in [0.2, 0.25) is 0 Å². The highest BCUT2D eigenvalue weighted by molar-refractivity contribution is 14.1. The van der Waals surface area contributed by atoms with Crippen molar-refractivity contribution in [2.45, 2.75) is 36.7 Å². The second kappa shape index (κ2) is 3.76. The maximum Gasteiger partial charge on any atom is 0.0132 e. The van der Waals surface area contributed by atoms with E-state index in [2.05, 4.69) is 48.7 Å². The Kier molecular flexibility index (Phi) is 4.05. The molecule has 1 atom stereocenters. The second-order valence-corrected chi connectivity index (χ2v) is 5.25. The quantitative estimate of drug-likeness (QED) is 0.590. The summed E-state index contributed by atoms with van der Waals surface area (Å²) in [5, 5.41) is 3.27. The first-order chi connectivity index (χ1) is 3.98. The van der Waals surface area contributed by atoms with Crippen LogP contribution in [0.3, 0.4) is 0 Å². The molecule has 0 radical (unpaired) electrons. The highest BCUT2D eigenvalue weighted by atomic mass is 127. The molecule has 0 unspecified atom stereocenters. The van der Waals surface area contributed by atoms with E-state index in [1.54, 1.807) is 0 Å². The van der Waals surface area contributed by atoms with E-state index in [1.165, 1.54) is 6.42 Å². The van der Waals surface area contributed by atoms with Crippen LogP contribution in [-0.2, 0) is 0 Å². The van der Waals surface area contributed by atoms with Crippen molar-refractivity contribution >= 4 is 22.6 Å². The number of halogens is 1. The summed E-state index contributed by atoms with van der Waals surface area (Å²) in [6, 6.07) is 0. The lowest BCUT2D eigenvalue weighted by Crippen LogP contribution is -2.37. The molecule has 1 nitrogen and oxygen atoms in total. The highest BCUT2D eigenvalue weighted by Gasteiger charge is 2.16. The third kappa shape index (κ3) is 5.15. The predicted octanol–water partition coefficient (Wildman–Crippen LogP) is 2.20. The van der Waals surface area contributed by atoms with Gasteiger partial charge in [-0.05, 0) is 27.3 Å². The monoisotopic (exact) mass is 241 g/mol. The van der Waals surface area contributed by atoms with Crippen LogP contribution in [0.15, 0.2) is 0 Å². The standard InChI is InChI=1S/C7H16IN/c1-6(8)5-7(2,3)9-4/h6,9H,5H2,1-4H3/t6-/m1/s1. The lowest BCUT2D eigenvalue weighted by atomic mass is 10.00. The number of hydrogen-bond donors (Lipinski definition) is 1. The average Bonchev–Trinajstić information content (AvgIpc) is 1.63. The van der Waals surface area contributed by atoms with Gasteiger partial charge in [-0.15, -0.1) is 0 Å². The van der Waals surface area contributed by atoms with E-state index in [0.717, 1.165) is 3.92 Å². The fourth-order valence-corrected chi connectivity index (χ4v) is 1.91. The Morgan fingerprint density at radius 3 is 2.11 bits per heavy atom. The van der Waals surface area contributed by atoms with Gasteiger partial charge in [0, 0.05) is 9.46 Å². The van der Waals surface area contributed by atoms with Crippen molar-refractivity contribution in [3.63, 3.8) is 0 Å². The Hall–Kier alpha value is 0.690. The fourth-order valence-electron chi connectivity index (χ4n) is 0.805. The molecular weight excluding hydrogens is 225 g/mol. The lowest BCUT2D eigenvalue weighted by Gasteiger charge is -2.25. The van der Waals surface area contributed by atoms with E-state index in [1.807, 2.05) is 7.05 Å². The molecule has 0 heterocycles. The molecule has 56 valence electrons. The Morgan fingerprint density at radius 2 is 2.00 bits per heavy atom. The summed E-state index contributed by atoms with van der Waals surface area (Å²) in [7, 11) is 2.01. The summed E-state index contributed by atoms with van der Waals surface area (Å²) < 4.78 is 0.755. The van der Waals surface area contributed by atoms with E-state index in [0.29, 0.717) is 5.54 Å². The molecule has 0 fully saturated rings. The van der Waals surface area contributed by atoms with Crippen LogP contribution in [0.1, 0.15) is 27.2 Å². The first-order valence-electron chi connectivity index (χ1n) is 3.31. The molecular formula is C7H16IN. The smallest absolute Gasteiger partial charge is 0.0132 e. The molecule has 0 aliphatic rings. The predicted molar refractivity (Wildman–Crippen MR) is 51.2 cm³/mol. The van der Waals surface area contributed by atoms with Gasteiger partial charge in [-0.25, -0.2) is 0 Å². The van der Waals surface area contributed by atoms with Gasteiger partial charge in [0.25, 0.3) is 0 Å². The van der Waals surface area contributed by atoms with Crippen LogP contribution >= 0.6 is 22.6 Å². The molecule has 0 spiro atoms. The van der Waals surface area contributed by atoms with Gasteiger partial charge in [-0.1, -0.05) is 29.5 Å². The van der Waals surface area contributed by atoms with E-state index in [-0.39, 0.29) is 0 Å². The van der Waals surface area contributed by atoms with E-state index >= 15 is 0 Å². The van der Waals surface area contributed by atoms with Gasteiger partial charge in [0.15, 0.2) is 0 Å². The van der Waals surface area contributed by atoms with Crippen molar-refractivity contribution in [1.82, 2.24) is 5.32 Å². The minimum atomic E-state index is 0.306. The topological polar surface area (TPSA) is 12.0 Å². The van der Waals surface area contributed by atoms with Crippen molar-refractivity contribution in [3.8, 4) is 0 Å². The molecule has 1 N–H and O–H groups in total. The number of alkyl halides is 1. The van der Waals surface area contributed by atoms with Crippen molar-refractivity contribution in [3.05, 3.63) is 0 Å². The van der Waals surface area contributed by atoms with Crippen molar-refractivity contribution in [2.24, 2.45) is 0 Å². The average molecular weight is 241 g/mol. The Bertz CT molecular complexity index is 79.0. The Morgan fingerprint density at radius 1 is 1.56 bits per heavy atom. The summed E-state index contributed by atoms with van der Waals surface area (Å²) in [5.41, 5.74) is 0.306. The molecule has 0 bridgehead atoms. The van der Waals surface area contributed by atoms with Crippen molar-refractivity contribution < 1.29 is 0 Å². The summed E-state index contributed by atoms with van der Waals surface area (Å²) in [4.78, 5) is 0.